The molecule has 0 N–H and O–H groups in total. The summed E-state index contributed by atoms with van der Waals surface area (Å²) in [6.07, 6.45) is 0. The van der Waals surface area contributed by atoms with Crippen molar-refractivity contribution in [2.45, 2.75) is 33.3 Å². The molecule has 0 amide bonds. The first-order valence-electron chi connectivity index (χ1n) is 5.24. The minimum atomic E-state index is -1.36. The molecule has 3 nitrogen and oxygen atoms in total. The van der Waals surface area contributed by atoms with E-state index in [2.05, 4.69) is 0 Å². The maximum atomic E-state index is 13.6. The van der Waals surface area contributed by atoms with E-state index in [1.165, 1.54) is 32.9 Å². The van der Waals surface area contributed by atoms with Crippen LogP contribution in [0.3, 0.4) is 0 Å². The summed E-state index contributed by atoms with van der Waals surface area (Å²) in [6, 6.07) is 4.31. The van der Waals surface area contributed by atoms with Crippen molar-refractivity contribution < 1.29 is 18.7 Å². The molecule has 0 aliphatic carbocycles. The average Bonchev–Trinajstić information content (AvgIpc) is 2.14. The second-order valence-electron chi connectivity index (χ2n) is 4.42. The molecule has 0 spiro atoms. The number of hydrogen-bond donors (Lipinski definition) is 0. The Kier molecular flexibility index (Phi) is 3.66. The minimum Gasteiger partial charge on any atom is -0.451 e. The lowest BCUT2D eigenvalue weighted by Crippen LogP contribution is -2.37. The Bertz CT molecular complexity index is 464. The van der Waals surface area contributed by atoms with E-state index in [1.807, 2.05) is 0 Å². The van der Waals surface area contributed by atoms with Gasteiger partial charge in [0.15, 0.2) is 5.60 Å². The number of ether oxygens (including phenoxy) is 1. The largest absolute Gasteiger partial charge is 0.451 e. The molecule has 92 valence electrons. The van der Waals surface area contributed by atoms with Crippen molar-refractivity contribution in [3.63, 3.8) is 0 Å². The minimum absolute atomic E-state index is 0.0677. The Balaban J connectivity index is 3.07. The van der Waals surface area contributed by atoms with E-state index in [4.69, 9.17) is 4.74 Å². The van der Waals surface area contributed by atoms with Crippen molar-refractivity contribution in [3.8, 4) is 0 Å². The summed E-state index contributed by atoms with van der Waals surface area (Å²) >= 11 is 0. The maximum Gasteiger partial charge on any atom is 0.303 e. The molecule has 0 heterocycles. The van der Waals surface area contributed by atoms with Crippen LogP contribution in [0.1, 0.15) is 36.7 Å². The van der Waals surface area contributed by atoms with Crippen LogP contribution >= 0.6 is 0 Å². The van der Waals surface area contributed by atoms with Gasteiger partial charge in [-0.2, -0.15) is 0 Å². The average molecular weight is 238 g/mol. The van der Waals surface area contributed by atoms with Crippen LogP contribution in [0, 0.1) is 12.7 Å². The van der Waals surface area contributed by atoms with Crippen LogP contribution in [0.2, 0.25) is 0 Å². The Morgan fingerprint density at radius 1 is 1.29 bits per heavy atom. The highest BCUT2D eigenvalue weighted by atomic mass is 19.1. The van der Waals surface area contributed by atoms with E-state index in [0.29, 0.717) is 0 Å². The van der Waals surface area contributed by atoms with Crippen molar-refractivity contribution in [3.05, 3.63) is 35.1 Å². The molecule has 0 bridgehead atoms. The van der Waals surface area contributed by atoms with E-state index in [0.717, 1.165) is 5.56 Å². The smallest absolute Gasteiger partial charge is 0.303 e. The molecule has 0 saturated heterocycles. The molecule has 0 radical (unpaired) electrons. The van der Waals surface area contributed by atoms with Crippen molar-refractivity contribution in [1.29, 1.82) is 0 Å². The van der Waals surface area contributed by atoms with Gasteiger partial charge in [-0.05, 0) is 38.5 Å². The van der Waals surface area contributed by atoms with E-state index in [1.54, 1.807) is 13.0 Å². The zero-order chi connectivity index (χ0) is 13.2. The predicted molar refractivity (Wildman–Crippen MR) is 61.3 cm³/mol. The highest BCUT2D eigenvalue weighted by molar-refractivity contribution is 6.03. The van der Waals surface area contributed by atoms with Crippen LogP contribution in [0.15, 0.2) is 18.2 Å². The Morgan fingerprint density at radius 3 is 2.35 bits per heavy atom. The number of benzene rings is 1. The van der Waals surface area contributed by atoms with Gasteiger partial charge in [0, 0.05) is 6.92 Å². The maximum absolute atomic E-state index is 13.6. The third kappa shape index (κ3) is 3.12. The van der Waals surface area contributed by atoms with Gasteiger partial charge in [0.05, 0.1) is 5.56 Å². The van der Waals surface area contributed by atoms with Gasteiger partial charge in [0.25, 0.3) is 0 Å². The first-order chi connectivity index (χ1) is 7.74. The third-order valence-corrected chi connectivity index (χ3v) is 2.31. The fourth-order valence-electron chi connectivity index (χ4n) is 1.53. The third-order valence-electron chi connectivity index (χ3n) is 2.31. The zero-order valence-corrected chi connectivity index (χ0v) is 10.3. The van der Waals surface area contributed by atoms with Gasteiger partial charge < -0.3 is 4.74 Å². The summed E-state index contributed by atoms with van der Waals surface area (Å²) in [4.78, 5) is 22.9. The van der Waals surface area contributed by atoms with E-state index < -0.39 is 23.2 Å². The predicted octanol–water partition coefficient (Wildman–Crippen LogP) is 2.66. The highest BCUT2D eigenvalue weighted by Gasteiger charge is 2.33. The van der Waals surface area contributed by atoms with Crippen LogP contribution in [0.4, 0.5) is 4.39 Å². The first kappa shape index (κ1) is 13.4. The van der Waals surface area contributed by atoms with Crippen LogP contribution in [0.25, 0.3) is 0 Å². The lowest BCUT2D eigenvalue weighted by Gasteiger charge is -2.23. The van der Waals surface area contributed by atoms with Gasteiger partial charge in [0.2, 0.25) is 5.78 Å². The number of halogens is 1. The summed E-state index contributed by atoms with van der Waals surface area (Å²) in [5, 5.41) is 0. The van der Waals surface area contributed by atoms with Crippen LogP contribution in [-0.4, -0.2) is 17.4 Å². The molecule has 0 fully saturated rings. The van der Waals surface area contributed by atoms with Gasteiger partial charge in [-0.3, -0.25) is 9.59 Å². The number of Topliss-reactive ketones (excluding diaryl/α,β-unsaturated/α-hetero) is 1. The lowest BCUT2D eigenvalue weighted by molar-refractivity contribution is -0.149. The molecule has 0 aromatic heterocycles. The zero-order valence-electron chi connectivity index (χ0n) is 10.3. The van der Waals surface area contributed by atoms with Crippen molar-refractivity contribution in [1.82, 2.24) is 0 Å². The molecule has 4 heteroatoms. The van der Waals surface area contributed by atoms with Crippen molar-refractivity contribution in [2.75, 3.05) is 0 Å². The van der Waals surface area contributed by atoms with Crippen LogP contribution in [0.5, 0.6) is 0 Å². The first-order valence-corrected chi connectivity index (χ1v) is 5.24. The number of carbonyl (C=O) groups is 2. The van der Waals surface area contributed by atoms with E-state index in [-0.39, 0.29) is 5.56 Å². The molecule has 0 atom stereocenters. The molecule has 17 heavy (non-hydrogen) atoms. The van der Waals surface area contributed by atoms with Crippen molar-refractivity contribution in [2.24, 2.45) is 0 Å². The fraction of sp³-hybridized carbons (Fsp3) is 0.385. The molecule has 0 unspecified atom stereocenters. The Hall–Kier alpha value is -1.71. The number of ketones is 1. The molecule has 0 saturated carbocycles. The van der Waals surface area contributed by atoms with Gasteiger partial charge in [-0.25, -0.2) is 4.39 Å². The van der Waals surface area contributed by atoms with Gasteiger partial charge in [-0.15, -0.1) is 0 Å². The van der Waals surface area contributed by atoms with Gasteiger partial charge >= 0.3 is 5.97 Å². The normalized spacial score (nSPS) is 11.1. The molecule has 1 aromatic carbocycles. The molecule has 0 aliphatic rings. The second kappa shape index (κ2) is 4.65. The standard InChI is InChI=1S/C13H15FO3/c1-8-5-6-10(11(14)7-8)12(16)13(3,4)17-9(2)15/h5-7H,1-4H3. The topological polar surface area (TPSA) is 43.4 Å². The Morgan fingerprint density at radius 2 is 1.88 bits per heavy atom. The van der Waals surface area contributed by atoms with Crippen LogP contribution < -0.4 is 0 Å². The summed E-state index contributed by atoms with van der Waals surface area (Å²) in [5.74, 6) is -1.73. The highest BCUT2D eigenvalue weighted by Crippen LogP contribution is 2.20. The number of aryl methyl sites for hydroxylation is 1. The van der Waals surface area contributed by atoms with Crippen LogP contribution in [-0.2, 0) is 9.53 Å². The van der Waals surface area contributed by atoms with Gasteiger partial charge in [-0.1, -0.05) is 6.07 Å². The molecular formula is C13H15FO3. The van der Waals surface area contributed by atoms with Gasteiger partial charge in [0.1, 0.15) is 5.82 Å². The number of rotatable bonds is 3. The summed E-state index contributed by atoms with van der Waals surface area (Å²) in [6.45, 7) is 5.82. The monoisotopic (exact) mass is 238 g/mol. The SMILES string of the molecule is CC(=O)OC(C)(C)C(=O)c1ccc(C)cc1F. The summed E-state index contributed by atoms with van der Waals surface area (Å²) in [5.41, 5.74) is -0.701. The number of carbonyl (C=O) groups excluding carboxylic acids is 2. The molecular weight excluding hydrogens is 223 g/mol. The summed E-state index contributed by atoms with van der Waals surface area (Å²) < 4.78 is 18.5. The van der Waals surface area contributed by atoms with E-state index in [9.17, 15) is 14.0 Å². The molecule has 0 aliphatic heterocycles. The fourth-order valence-corrected chi connectivity index (χ4v) is 1.53. The van der Waals surface area contributed by atoms with E-state index >= 15 is 0 Å². The number of hydrogen-bond acceptors (Lipinski definition) is 3. The lowest BCUT2D eigenvalue weighted by atomic mass is 9.95. The summed E-state index contributed by atoms with van der Waals surface area (Å²) in [7, 11) is 0. The Labute approximate surface area is 99.6 Å². The quantitative estimate of drug-likeness (QED) is 0.600. The molecule has 1 rings (SSSR count). The van der Waals surface area contributed by atoms with Crippen molar-refractivity contribution >= 4 is 11.8 Å². The second-order valence-corrected chi connectivity index (χ2v) is 4.42. The molecule has 1 aromatic rings. The number of esters is 1.